The van der Waals surface area contributed by atoms with Gasteiger partial charge in [0.15, 0.2) is 16.6 Å². The highest BCUT2D eigenvalue weighted by Crippen LogP contribution is 2.38. The largest absolute Gasteiger partial charge is 0.493 e. The van der Waals surface area contributed by atoms with Crippen molar-refractivity contribution in [1.82, 2.24) is 15.3 Å². The van der Waals surface area contributed by atoms with Crippen LogP contribution in [0.5, 0.6) is 17.2 Å². The summed E-state index contributed by atoms with van der Waals surface area (Å²) in [5.74, 6) is 0.223. The van der Waals surface area contributed by atoms with Gasteiger partial charge in [0.05, 0.1) is 33.6 Å². The molecule has 170 valence electrons. The number of para-hydroxylation sites is 1. The van der Waals surface area contributed by atoms with E-state index in [1.165, 1.54) is 44.8 Å². The maximum atomic E-state index is 12.6. The maximum absolute atomic E-state index is 12.6. The summed E-state index contributed by atoms with van der Waals surface area (Å²) in [7, 11) is 4.41. The molecule has 0 fully saturated rings. The molecule has 0 saturated carbocycles. The van der Waals surface area contributed by atoms with Crippen molar-refractivity contribution in [2.45, 2.75) is 0 Å². The zero-order chi connectivity index (χ0) is 23.4. The number of hydrogen-bond acceptors (Lipinski definition) is 7. The molecule has 2 heterocycles. The van der Waals surface area contributed by atoms with Gasteiger partial charge in [0, 0.05) is 33.6 Å². The molecule has 10 heteroatoms. The van der Waals surface area contributed by atoms with E-state index in [-0.39, 0.29) is 12.1 Å². The first-order chi connectivity index (χ1) is 16.0. The lowest BCUT2D eigenvalue weighted by Crippen LogP contribution is -2.32. The summed E-state index contributed by atoms with van der Waals surface area (Å²) in [6.07, 6.45) is 1.89. The Kier molecular flexibility index (Phi) is 6.45. The number of H-pyrrole nitrogens is 1. The second-order valence-electron chi connectivity index (χ2n) is 6.93. The van der Waals surface area contributed by atoms with Crippen LogP contribution in [0.1, 0.15) is 10.4 Å². The Morgan fingerprint density at radius 3 is 2.48 bits per heavy atom. The Morgan fingerprint density at radius 1 is 1.06 bits per heavy atom. The van der Waals surface area contributed by atoms with Crippen molar-refractivity contribution in [3.63, 3.8) is 0 Å². The molecule has 3 N–H and O–H groups in total. The fourth-order valence-electron chi connectivity index (χ4n) is 3.38. The van der Waals surface area contributed by atoms with Crippen molar-refractivity contribution in [3.05, 3.63) is 53.5 Å². The van der Waals surface area contributed by atoms with E-state index in [2.05, 4.69) is 20.6 Å². The number of hydrogen-bond donors (Lipinski definition) is 3. The van der Waals surface area contributed by atoms with Crippen LogP contribution in [-0.2, 0) is 4.79 Å². The van der Waals surface area contributed by atoms with E-state index in [9.17, 15) is 9.59 Å². The zero-order valence-corrected chi connectivity index (χ0v) is 19.0. The molecule has 0 aliphatic heterocycles. The van der Waals surface area contributed by atoms with Crippen LogP contribution in [-0.4, -0.2) is 49.7 Å². The van der Waals surface area contributed by atoms with Gasteiger partial charge in [0.2, 0.25) is 11.7 Å². The minimum Gasteiger partial charge on any atom is -0.493 e. The molecular formula is C23H22N4O5S. The summed E-state index contributed by atoms with van der Waals surface area (Å²) >= 11 is 1.31. The van der Waals surface area contributed by atoms with E-state index in [0.717, 1.165) is 22.2 Å². The monoisotopic (exact) mass is 466 g/mol. The summed E-state index contributed by atoms with van der Waals surface area (Å²) in [6, 6.07) is 11.0. The van der Waals surface area contributed by atoms with E-state index in [4.69, 9.17) is 14.2 Å². The lowest BCUT2D eigenvalue weighted by Gasteiger charge is -2.14. The first-order valence-electron chi connectivity index (χ1n) is 9.94. The van der Waals surface area contributed by atoms with Crippen molar-refractivity contribution in [2.24, 2.45) is 0 Å². The van der Waals surface area contributed by atoms with Gasteiger partial charge in [-0.3, -0.25) is 9.59 Å². The van der Waals surface area contributed by atoms with E-state index < -0.39 is 11.8 Å². The number of amides is 2. The first-order valence-corrected chi connectivity index (χ1v) is 10.8. The molecular weight excluding hydrogens is 444 g/mol. The van der Waals surface area contributed by atoms with Gasteiger partial charge in [-0.05, 0) is 18.2 Å². The van der Waals surface area contributed by atoms with Crippen LogP contribution < -0.4 is 24.8 Å². The Morgan fingerprint density at radius 2 is 1.79 bits per heavy atom. The number of nitrogens with zero attached hydrogens (tertiary/aromatic N) is 1. The molecule has 0 atom stereocenters. The molecule has 4 aromatic rings. The van der Waals surface area contributed by atoms with Crippen LogP contribution in [0.3, 0.4) is 0 Å². The smallest absolute Gasteiger partial charge is 0.251 e. The third-order valence-corrected chi connectivity index (χ3v) is 5.71. The predicted molar refractivity (Wildman–Crippen MR) is 126 cm³/mol. The maximum Gasteiger partial charge on any atom is 0.251 e. The molecule has 2 amide bonds. The topological polar surface area (TPSA) is 115 Å². The van der Waals surface area contributed by atoms with Crippen molar-refractivity contribution in [3.8, 4) is 28.5 Å². The molecule has 0 aliphatic carbocycles. The molecule has 2 aromatic carbocycles. The average Bonchev–Trinajstić information content (AvgIpc) is 3.48. The number of carbonyl (C=O) groups is 2. The number of fused-ring (bicyclic) bond motifs is 1. The fraction of sp³-hybridized carbons (Fsp3) is 0.174. The molecule has 2 aromatic heterocycles. The summed E-state index contributed by atoms with van der Waals surface area (Å²) in [4.78, 5) is 32.6. The molecule has 33 heavy (non-hydrogen) atoms. The van der Waals surface area contributed by atoms with Crippen LogP contribution in [0.15, 0.2) is 48.0 Å². The summed E-state index contributed by atoms with van der Waals surface area (Å²) in [5, 5.41) is 8.68. The number of methoxy groups -OCH3 is 3. The molecule has 9 nitrogen and oxygen atoms in total. The van der Waals surface area contributed by atoms with Gasteiger partial charge < -0.3 is 29.8 Å². The Bertz CT molecular complexity index is 1290. The standard InChI is InChI=1S/C23H22N4O5S/c1-30-18-8-13(9-19(31-2)21(18)32-3)22(29)25-11-20(28)27-23-26-17(12-33-23)15-10-24-16-7-5-4-6-14(15)16/h4-10,12,24H,11H2,1-3H3,(H,25,29)(H,26,27,28). The second-order valence-corrected chi connectivity index (χ2v) is 7.79. The summed E-state index contributed by atoms with van der Waals surface area (Å²) in [6.45, 7) is -0.225. The number of anilines is 1. The molecule has 0 radical (unpaired) electrons. The average molecular weight is 467 g/mol. The molecule has 4 rings (SSSR count). The van der Waals surface area contributed by atoms with Gasteiger partial charge in [-0.15, -0.1) is 11.3 Å². The van der Waals surface area contributed by atoms with Crippen LogP contribution in [0, 0.1) is 0 Å². The number of thiazole rings is 1. The van der Waals surface area contributed by atoms with Crippen molar-refractivity contribution in [2.75, 3.05) is 33.2 Å². The lowest BCUT2D eigenvalue weighted by atomic mass is 10.1. The summed E-state index contributed by atoms with van der Waals surface area (Å²) < 4.78 is 15.8. The van der Waals surface area contributed by atoms with E-state index in [1.807, 2.05) is 35.8 Å². The highest BCUT2D eigenvalue weighted by Gasteiger charge is 2.18. The minimum atomic E-state index is -0.456. The van der Waals surface area contributed by atoms with E-state index >= 15 is 0 Å². The van der Waals surface area contributed by atoms with Gasteiger partial charge >= 0.3 is 0 Å². The SMILES string of the molecule is COc1cc(C(=O)NCC(=O)Nc2nc(-c3c[nH]c4ccccc34)cs2)cc(OC)c1OC. The molecule has 0 saturated heterocycles. The first kappa shape index (κ1) is 22.2. The van der Waals surface area contributed by atoms with Crippen molar-refractivity contribution < 1.29 is 23.8 Å². The molecule has 0 bridgehead atoms. The highest BCUT2D eigenvalue weighted by atomic mass is 32.1. The lowest BCUT2D eigenvalue weighted by molar-refractivity contribution is -0.115. The number of rotatable bonds is 8. The van der Waals surface area contributed by atoms with Crippen LogP contribution in [0.25, 0.3) is 22.2 Å². The number of carbonyl (C=O) groups excluding carboxylic acids is 2. The summed E-state index contributed by atoms with van der Waals surface area (Å²) in [5.41, 5.74) is 3.00. The van der Waals surface area contributed by atoms with Crippen LogP contribution >= 0.6 is 11.3 Å². The van der Waals surface area contributed by atoms with E-state index in [1.54, 1.807) is 0 Å². The van der Waals surface area contributed by atoms with Crippen LogP contribution in [0.4, 0.5) is 5.13 Å². The second kappa shape index (κ2) is 9.61. The third kappa shape index (κ3) is 4.60. The predicted octanol–water partition coefficient (Wildman–Crippen LogP) is 3.69. The zero-order valence-electron chi connectivity index (χ0n) is 18.2. The number of aromatic amines is 1. The molecule has 0 unspecified atom stereocenters. The van der Waals surface area contributed by atoms with Gasteiger partial charge in [-0.25, -0.2) is 4.98 Å². The fourth-order valence-corrected chi connectivity index (χ4v) is 4.10. The van der Waals surface area contributed by atoms with Gasteiger partial charge in [-0.1, -0.05) is 18.2 Å². The van der Waals surface area contributed by atoms with Gasteiger partial charge in [-0.2, -0.15) is 0 Å². The normalized spacial score (nSPS) is 10.6. The number of nitrogens with one attached hydrogen (secondary N) is 3. The van der Waals surface area contributed by atoms with Gasteiger partial charge in [0.1, 0.15) is 0 Å². The Hall–Kier alpha value is -4.05. The van der Waals surface area contributed by atoms with Crippen molar-refractivity contribution in [1.29, 1.82) is 0 Å². The van der Waals surface area contributed by atoms with Gasteiger partial charge in [0.25, 0.3) is 5.91 Å². The number of benzene rings is 2. The minimum absolute atomic E-state index is 0.225. The number of ether oxygens (including phenoxy) is 3. The Balaban J connectivity index is 1.40. The third-order valence-electron chi connectivity index (χ3n) is 4.95. The number of aromatic nitrogens is 2. The highest BCUT2D eigenvalue weighted by molar-refractivity contribution is 7.14. The quantitative estimate of drug-likeness (QED) is 0.365. The van der Waals surface area contributed by atoms with Crippen LogP contribution in [0.2, 0.25) is 0 Å². The molecule has 0 spiro atoms. The Labute approximate surface area is 193 Å². The van der Waals surface area contributed by atoms with E-state index in [0.29, 0.717) is 22.4 Å². The molecule has 0 aliphatic rings. The van der Waals surface area contributed by atoms with Crippen molar-refractivity contribution >= 4 is 39.2 Å².